The monoisotopic (exact) mass is 277 g/mol. The van der Waals surface area contributed by atoms with Crippen LogP contribution in [0.2, 0.25) is 0 Å². The molecular formula is C14H19N3O3. The van der Waals surface area contributed by atoms with Gasteiger partial charge in [0.2, 0.25) is 5.91 Å². The molecule has 0 radical (unpaired) electrons. The first-order valence-electron chi connectivity index (χ1n) is 7.07. The molecule has 0 aromatic carbocycles. The fraction of sp³-hybridized carbons (Fsp3) is 0.643. The van der Waals surface area contributed by atoms with Crippen molar-refractivity contribution in [1.82, 2.24) is 15.0 Å². The fourth-order valence-electron chi connectivity index (χ4n) is 2.62. The zero-order chi connectivity index (χ0) is 14.1. The topological polar surface area (TPSA) is 68.5 Å². The van der Waals surface area contributed by atoms with Crippen molar-refractivity contribution in [3.05, 3.63) is 23.4 Å². The molecule has 2 aliphatic rings. The number of hydrogen-bond acceptors (Lipinski definition) is 5. The maximum absolute atomic E-state index is 12.4. The van der Waals surface area contributed by atoms with E-state index in [1.54, 1.807) is 17.9 Å². The van der Waals surface area contributed by atoms with E-state index in [1.165, 1.54) is 12.0 Å². The van der Waals surface area contributed by atoms with E-state index in [-0.39, 0.29) is 18.1 Å². The van der Waals surface area contributed by atoms with Gasteiger partial charge in [-0.05, 0) is 33.1 Å². The van der Waals surface area contributed by atoms with E-state index in [0.29, 0.717) is 24.9 Å². The Morgan fingerprint density at radius 1 is 1.45 bits per heavy atom. The molecule has 1 saturated carbocycles. The fourth-order valence-corrected chi connectivity index (χ4v) is 2.62. The van der Waals surface area contributed by atoms with Gasteiger partial charge in [0, 0.05) is 12.6 Å². The number of rotatable bonds is 2. The van der Waals surface area contributed by atoms with Crippen molar-refractivity contribution in [2.75, 3.05) is 13.2 Å². The molecule has 0 bridgehead atoms. The number of allylic oxidation sites excluding steroid dienone is 1. The van der Waals surface area contributed by atoms with E-state index in [0.717, 1.165) is 12.8 Å². The molecule has 0 spiro atoms. The minimum atomic E-state index is -0.297. The third-order valence-electron chi connectivity index (χ3n) is 3.90. The Morgan fingerprint density at radius 3 is 2.85 bits per heavy atom. The van der Waals surface area contributed by atoms with Gasteiger partial charge in [0.05, 0.1) is 12.7 Å². The smallest absolute Gasteiger partial charge is 0.252 e. The summed E-state index contributed by atoms with van der Waals surface area (Å²) in [6.07, 6.45) is 4.88. The van der Waals surface area contributed by atoms with Gasteiger partial charge in [0.1, 0.15) is 6.04 Å². The van der Waals surface area contributed by atoms with Crippen molar-refractivity contribution < 1.29 is 14.1 Å². The number of morpholine rings is 1. The Bertz CT molecular complexity index is 532. The number of hydrogen-bond donors (Lipinski definition) is 0. The zero-order valence-corrected chi connectivity index (χ0v) is 11.8. The molecule has 1 aromatic heterocycles. The molecule has 1 saturated heterocycles. The molecular weight excluding hydrogens is 258 g/mol. The van der Waals surface area contributed by atoms with Gasteiger partial charge in [0.15, 0.2) is 5.82 Å². The van der Waals surface area contributed by atoms with Crippen LogP contribution in [0, 0.1) is 6.92 Å². The number of amides is 1. The van der Waals surface area contributed by atoms with Crippen molar-refractivity contribution in [2.45, 2.75) is 45.3 Å². The average Bonchev–Trinajstić information content (AvgIpc) is 2.79. The van der Waals surface area contributed by atoms with Gasteiger partial charge in [0.25, 0.3) is 5.89 Å². The largest absolute Gasteiger partial charge is 0.374 e. The van der Waals surface area contributed by atoms with Crippen molar-refractivity contribution >= 4 is 5.91 Å². The quantitative estimate of drug-likeness (QED) is 0.771. The maximum Gasteiger partial charge on any atom is 0.252 e. The molecule has 1 aliphatic carbocycles. The first-order valence-corrected chi connectivity index (χ1v) is 7.07. The van der Waals surface area contributed by atoms with Crippen LogP contribution in [0.25, 0.3) is 0 Å². The number of aryl methyl sites for hydroxylation is 1. The van der Waals surface area contributed by atoms with Crippen LogP contribution in [0.15, 0.2) is 16.2 Å². The minimum absolute atomic E-state index is 0.0238. The first-order chi connectivity index (χ1) is 9.65. The lowest BCUT2D eigenvalue weighted by Crippen LogP contribution is -2.47. The van der Waals surface area contributed by atoms with Crippen LogP contribution >= 0.6 is 0 Å². The van der Waals surface area contributed by atoms with Crippen LogP contribution in [0.1, 0.15) is 43.9 Å². The van der Waals surface area contributed by atoms with Crippen molar-refractivity contribution in [3.8, 4) is 0 Å². The molecule has 3 rings (SSSR count). The highest BCUT2D eigenvalue weighted by Crippen LogP contribution is 2.30. The van der Waals surface area contributed by atoms with Crippen LogP contribution in [-0.4, -0.2) is 40.2 Å². The predicted molar refractivity (Wildman–Crippen MR) is 70.8 cm³/mol. The van der Waals surface area contributed by atoms with E-state index in [2.05, 4.69) is 10.1 Å². The molecule has 1 amide bonds. The van der Waals surface area contributed by atoms with Gasteiger partial charge in [-0.2, -0.15) is 4.98 Å². The Labute approximate surface area is 117 Å². The van der Waals surface area contributed by atoms with E-state index in [4.69, 9.17) is 9.26 Å². The summed E-state index contributed by atoms with van der Waals surface area (Å²) < 4.78 is 10.9. The predicted octanol–water partition coefficient (Wildman–Crippen LogP) is 1.78. The van der Waals surface area contributed by atoms with E-state index >= 15 is 0 Å². The Morgan fingerprint density at radius 2 is 2.25 bits per heavy atom. The molecule has 6 heteroatoms. The van der Waals surface area contributed by atoms with Gasteiger partial charge in [-0.3, -0.25) is 4.79 Å². The Balaban J connectivity index is 1.84. The normalized spacial score (nSPS) is 26.3. The second kappa shape index (κ2) is 5.36. The molecule has 0 unspecified atom stereocenters. The van der Waals surface area contributed by atoms with Gasteiger partial charge in [-0.15, -0.1) is 0 Å². The maximum atomic E-state index is 12.4. The number of nitrogens with zero attached hydrogens (tertiary/aromatic N) is 3. The summed E-state index contributed by atoms with van der Waals surface area (Å²) in [7, 11) is 0. The van der Waals surface area contributed by atoms with Crippen LogP contribution in [0.4, 0.5) is 0 Å². The first kappa shape index (κ1) is 13.3. The second-order valence-electron chi connectivity index (χ2n) is 5.39. The molecule has 1 aliphatic heterocycles. The van der Waals surface area contributed by atoms with Gasteiger partial charge >= 0.3 is 0 Å². The number of aromatic nitrogens is 2. The summed E-state index contributed by atoms with van der Waals surface area (Å²) in [5.41, 5.74) is 1.23. The van der Waals surface area contributed by atoms with E-state index in [1.807, 2.05) is 6.92 Å². The number of carbonyl (C=O) groups excluding carboxylic acids is 1. The summed E-state index contributed by atoms with van der Waals surface area (Å²) in [5.74, 6) is 1.05. The highest BCUT2D eigenvalue weighted by Gasteiger charge is 2.37. The van der Waals surface area contributed by atoms with Gasteiger partial charge < -0.3 is 14.2 Å². The highest BCUT2D eigenvalue weighted by molar-refractivity contribution is 5.89. The third kappa shape index (κ3) is 2.47. The molecule has 0 N–H and O–H groups in total. The average molecular weight is 277 g/mol. The lowest BCUT2D eigenvalue weighted by Gasteiger charge is -2.37. The van der Waals surface area contributed by atoms with Crippen LogP contribution in [0.5, 0.6) is 0 Å². The number of carbonyl (C=O) groups is 1. The van der Waals surface area contributed by atoms with Crippen LogP contribution < -0.4 is 0 Å². The van der Waals surface area contributed by atoms with Crippen molar-refractivity contribution in [1.29, 1.82) is 0 Å². The summed E-state index contributed by atoms with van der Waals surface area (Å²) in [6, 6.07) is -0.297. The van der Waals surface area contributed by atoms with Crippen molar-refractivity contribution in [3.63, 3.8) is 0 Å². The zero-order valence-electron chi connectivity index (χ0n) is 11.8. The molecule has 2 heterocycles. The Hall–Kier alpha value is -1.69. The third-order valence-corrected chi connectivity index (χ3v) is 3.90. The molecule has 6 nitrogen and oxygen atoms in total. The Kier molecular flexibility index (Phi) is 3.56. The highest BCUT2D eigenvalue weighted by atomic mass is 16.5. The molecule has 20 heavy (non-hydrogen) atoms. The number of ether oxygens (including phenoxy) is 1. The standard InChI is InChI=1S/C14H19N3O3/c1-9-13(14-15-10(2)16-20-14)17(6-7-19-9)12(18)8-11-4-3-5-11/h8-9,13H,3-7H2,1-2H3/t9-,13+/m1/s1. The SMILES string of the molecule is Cc1noc([C@@H]2[C@@H](C)OCCN2C(=O)C=C2CCC2)n1. The minimum Gasteiger partial charge on any atom is -0.374 e. The van der Waals surface area contributed by atoms with E-state index < -0.39 is 0 Å². The van der Waals surface area contributed by atoms with Gasteiger partial charge in [-0.25, -0.2) is 0 Å². The summed E-state index contributed by atoms with van der Waals surface area (Å²) in [5, 5.41) is 3.81. The van der Waals surface area contributed by atoms with Crippen LogP contribution in [-0.2, 0) is 9.53 Å². The van der Waals surface area contributed by atoms with Crippen molar-refractivity contribution in [2.24, 2.45) is 0 Å². The molecule has 108 valence electrons. The lowest BCUT2D eigenvalue weighted by molar-refractivity contribution is -0.142. The van der Waals surface area contributed by atoms with Crippen LogP contribution in [0.3, 0.4) is 0 Å². The summed E-state index contributed by atoms with van der Waals surface area (Å²) in [4.78, 5) is 18.5. The van der Waals surface area contributed by atoms with Gasteiger partial charge in [-0.1, -0.05) is 10.7 Å². The molecule has 2 atom stereocenters. The lowest BCUT2D eigenvalue weighted by atomic mass is 9.92. The second-order valence-corrected chi connectivity index (χ2v) is 5.39. The summed E-state index contributed by atoms with van der Waals surface area (Å²) in [6.45, 7) is 4.79. The molecule has 2 fully saturated rings. The summed E-state index contributed by atoms with van der Waals surface area (Å²) >= 11 is 0. The van der Waals surface area contributed by atoms with E-state index in [9.17, 15) is 4.79 Å². The molecule has 1 aromatic rings.